The fourth-order valence-electron chi connectivity index (χ4n) is 1.92. The van der Waals surface area contributed by atoms with Crippen LogP contribution < -0.4 is 0 Å². The van der Waals surface area contributed by atoms with Crippen LogP contribution in [0, 0.1) is 0 Å². The first kappa shape index (κ1) is 6.62. The fourth-order valence-corrected chi connectivity index (χ4v) is 1.92. The summed E-state index contributed by atoms with van der Waals surface area (Å²) in [5, 5.41) is 0. The lowest BCUT2D eigenvalue weighted by Gasteiger charge is -2.30. The minimum absolute atomic E-state index is 0.151. The summed E-state index contributed by atoms with van der Waals surface area (Å²) in [4.78, 5) is 0. The Hall–Kier alpha value is -0.0800. The van der Waals surface area contributed by atoms with Crippen molar-refractivity contribution in [2.24, 2.45) is 0 Å². The highest BCUT2D eigenvalue weighted by atomic mass is 16.7. The topological polar surface area (TPSA) is 18.5 Å². The fraction of sp³-hybridized carbons (Fsp3) is 1.00. The molecule has 2 fully saturated rings. The summed E-state index contributed by atoms with van der Waals surface area (Å²) in [5.74, 6) is 0. The molecule has 0 radical (unpaired) electrons. The van der Waals surface area contributed by atoms with Gasteiger partial charge in [0.15, 0.2) is 0 Å². The monoisotopic (exact) mass is 142 g/mol. The van der Waals surface area contributed by atoms with Gasteiger partial charge in [-0.05, 0) is 12.8 Å². The highest BCUT2D eigenvalue weighted by Gasteiger charge is 2.36. The van der Waals surface area contributed by atoms with E-state index in [0.717, 1.165) is 6.61 Å². The molecule has 10 heavy (non-hydrogen) atoms. The Kier molecular flexibility index (Phi) is 1.66. The van der Waals surface area contributed by atoms with Gasteiger partial charge in [0.1, 0.15) is 6.79 Å². The molecule has 1 aliphatic heterocycles. The summed E-state index contributed by atoms with van der Waals surface area (Å²) >= 11 is 0. The first-order valence-corrected chi connectivity index (χ1v) is 4.13. The molecule has 0 aromatic heterocycles. The Morgan fingerprint density at radius 1 is 1.00 bits per heavy atom. The molecule has 1 saturated carbocycles. The van der Waals surface area contributed by atoms with E-state index in [9.17, 15) is 0 Å². The highest BCUT2D eigenvalue weighted by Crippen LogP contribution is 2.34. The molecule has 1 heterocycles. The number of ether oxygens (including phenoxy) is 2. The Labute approximate surface area is 61.5 Å². The molecule has 1 saturated heterocycles. The zero-order valence-corrected chi connectivity index (χ0v) is 6.27. The van der Waals surface area contributed by atoms with Gasteiger partial charge in [0.05, 0.1) is 12.2 Å². The van der Waals surface area contributed by atoms with Gasteiger partial charge in [-0.3, -0.25) is 0 Å². The van der Waals surface area contributed by atoms with Crippen molar-refractivity contribution in [1.82, 2.24) is 0 Å². The molecule has 0 aromatic carbocycles. The van der Waals surface area contributed by atoms with E-state index in [2.05, 4.69) is 0 Å². The summed E-state index contributed by atoms with van der Waals surface area (Å²) in [5.41, 5.74) is 0.151. The lowest BCUT2D eigenvalue weighted by Crippen LogP contribution is -2.33. The molecule has 0 atom stereocenters. The van der Waals surface area contributed by atoms with Crippen LogP contribution in [0.5, 0.6) is 0 Å². The maximum Gasteiger partial charge on any atom is 0.147 e. The van der Waals surface area contributed by atoms with E-state index in [1.54, 1.807) is 0 Å². The largest absolute Gasteiger partial charge is 0.352 e. The van der Waals surface area contributed by atoms with E-state index in [0.29, 0.717) is 6.79 Å². The highest BCUT2D eigenvalue weighted by molar-refractivity contribution is 4.85. The Balaban J connectivity index is 1.98. The van der Waals surface area contributed by atoms with Crippen molar-refractivity contribution in [1.29, 1.82) is 0 Å². The maximum atomic E-state index is 5.56. The van der Waals surface area contributed by atoms with Crippen molar-refractivity contribution in [3.63, 3.8) is 0 Å². The molecule has 1 aliphatic carbocycles. The second-order valence-electron chi connectivity index (χ2n) is 3.35. The Bertz CT molecular complexity index is 108. The normalized spacial score (nSPS) is 31.2. The molecule has 0 amide bonds. The SMILES string of the molecule is C1CCC2(CC1)COCO2. The van der Waals surface area contributed by atoms with Crippen LogP contribution in [0.25, 0.3) is 0 Å². The molecule has 2 rings (SSSR count). The van der Waals surface area contributed by atoms with Crippen molar-refractivity contribution < 1.29 is 9.47 Å². The van der Waals surface area contributed by atoms with E-state index in [-0.39, 0.29) is 5.60 Å². The standard InChI is InChI=1S/C8H14O2/c1-2-4-8(5-3-1)6-9-7-10-8/h1-7H2. The third-order valence-electron chi connectivity index (χ3n) is 2.58. The van der Waals surface area contributed by atoms with Crippen molar-refractivity contribution in [3.05, 3.63) is 0 Å². The summed E-state index contributed by atoms with van der Waals surface area (Å²) in [6.45, 7) is 1.37. The third kappa shape index (κ3) is 1.06. The third-order valence-corrected chi connectivity index (χ3v) is 2.58. The molecular formula is C8H14O2. The van der Waals surface area contributed by atoms with Crippen molar-refractivity contribution >= 4 is 0 Å². The van der Waals surface area contributed by atoms with Crippen molar-refractivity contribution in [2.45, 2.75) is 37.7 Å². The lowest BCUT2D eigenvalue weighted by atomic mass is 9.86. The van der Waals surface area contributed by atoms with E-state index in [1.807, 2.05) is 0 Å². The second-order valence-corrected chi connectivity index (χ2v) is 3.35. The molecule has 0 bridgehead atoms. The van der Waals surface area contributed by atoms with Crippen LogP contribution in [0.3, 0.4) is 0 Å². The predicted molar refractivity (Wildman–Crippen MR) is 37.7 cm³/mol. The lowest BCUT2D eigenvalue weighted by molar-refractivity contribution is -0.0293. The van der Waals surface area contributed by atoms with E-state index in [4.69, 9.17) is 9.47 Å². The van der Waals surface area contributed by atoms with Crippen LogP contribution in [0.15, 0.2) is 0 Å². The maximum absolute atomic E-state index is 5.56. The van der Waals surface area contributed by atoms with E-state index < -0.39 is 0 Å². The zero-order chi connectivity index (χ0) is 6.86. The number of hydrogen-bond acceptors (Lipinski definition) is 2. The summed E-state index contributed by atoms with van der Waals surface area (Å²) in [6.07, 6.45) is 6.46. The van der Waals surface area contributed by atoms with Crippen molar-refractivity contribution in [2.75, 3.05) is 13.4 Å². The van der Waals surface area contributed by atoms with Gasteiger partial charge in [-0.2, -0.15) is 0 Å². The number of rotatable bonds is 0. The molecular weight excluding hydrogens is 128 g/mol. The summed E-state index contributed by atoms with van der Waals surface area (Å²) in [6, 6.07) is 0. The van der Waals surface area contributed by atoms with Crippen LogP contribution in [-0.2, 0) is 9.47 Å². The summed E-state index contributed by atoms with van der Waals surface area (Å²) < 4.78 is 10.8. The van der Waals surface area contributed by atoms with Gasteiger partial charge < -0.3 is 9.47 Å². The minimum Gasteiger partial charge on any atom is -0.352 e. The first-order chi connectivity index (χ1) is 4.91. The average Bonchev–Trinajstić information content (AvgIpc) is 2.39. The van der Waals surface area contributed by atoms with Gasteiger partial charge >= 0.3 is 0 Å². The average molecular weight is 142 g/mol. The van der Waals surface area contributed by atoms with Gasteiger partial charge in [-0.15, -0.1) is 0 Å². The van der Waals surface area contributed by atoms with Gasteiger partial charge in [-0.1, -0.05) is 19.3 Å². The number of hydrogen-bond donors (Lipinski definition) is 0. The zero-order valence-electron chi connectivity index (χ0n) is 6.27. The quantitative estimate of drug-likeness (QED) is 0.512. The van der Waals surface area contributed by atoms with Crippen LogP contribution in [-0.4, -0.2) is 19.0 Å². The predicted octanol–water partition coefficient (Wildman–Crippen LogP) is 1.69. The van der Waals surface area contributed by atoms with E-state index >= 15 is 0 Å². The van der Waals surface area contributed by atoms with Gasteiger partial charge in [-0.25, -0.2) is 0 Å². The molecule has 0 aromatic rings. The molecule has 58 valence electrons. The molecule has 1 spiro atoms. The van der Waals surface area contributed by atoms with Crippen LogP contribution in [0.4, 0.5) is 0 Å². The Morgan fingerprint density at radius 2 is 1.80 bits per heavy atom. The van der Waals surface area contributed by atoms with Crippen LogP contribution in [0.1, 0.15) is 32.1 Å². The smallest absolute Gasteiger partial charge is 0.147 e. The first-order valence-electron chi connectivity index (χ1n) is 4.13. The van der Waals surface area contributed by atoms with Crippen molar-refractivity contribution in [3.8, 4) is 0 Å². The van der Waals surface area contributed by atoms with Gasteiger partial charge in [0.25, 0.3) is 0 Å². The molecule has 2 heteroatoms. The Morgan fingerprint density at radius 3 is 2.40 bits per heavy atom. The van der Waals surface area contributed by atoms with Gasteiger partial charge in [0.2, 0.25) is 0 Å². The molecule has 2 aliphatic rings. The molecule has 0 unspecified atom stereocenters. The molecule has 2 nitrogen and oxygen atoms in total. The van der Waals surface area contributed by atoms with Crippen LogP contribution >= 0.6 is 0 Å². The second kappa shape index (κ2) is 2.51. The minimum atomic E-state index is 0.151. The van der Waals surface area contributed by atoms with Gasteiger partial charge in [0, 0.05) is 0 Å². The molecule has 0 N–H and O–H groups in total. The van der Waals surface area contributed by atoms with E-state index in [1.165, 1.54) is 32.1 Å². The summed E-state index contributed by atoms with van der Waals surface area (Å²) in [7, 11) is 0. The van der Waals surface area contributed by atoms with Crippen LogP contribution in [0.2, 0.25) is 0 Å².